The van der Waals surface area contributed by atoms with Crippen LogP contribution < -0.4 is 5.32 Å². The third-order valence-electron chi connectivity index (χ3n) is 2.42. The van der Waals surface area contributed by atoms with E-state index in [1.165, 1.54) is 0 Å². The van der Waals surface area contributed by atoms with Crippen LogP contribution in [0, 0.1) is 11.8 Å². The van der Waals surface area contributed by atoms with Crippen LogP contribution in [0.25, 0.3) is 0 Å². The van der Waals surface area contributed by atoms with Gasteiger partial charge in [-0.25, -0.2) is 4.79 Å². The number of rotatable bonds is 6. The highest BCUT2D eigenvalue weighted by Gasteiger charge is 2.07. The first kappa shape index (κ1) is 13.3. The molecule has 0 aliphatic carbocycles. The van der Waals surface area contributed by atoms with Crippen LogP contribution in [-0.4, -0.2) is 24.2 Å². The zero-order valence-corrected chi connectivity index (χ0v) is 9.99. The molecule has 1 aromatic rings. The Balaban J connectivity index is 2.40. The van der Waals surface area contributed by atoms with Crippen molar-refractivity contribution in [3.05, 3.63) is 35.4 Å². The molecule has 0 aliphatic rings. The van der Waals surface area contributed by atoms with Crippen molar-refractivity contribution in [3.63, 3.8) is 0 Å². The van der Waals surface area contributed by atoms with Gasteiger partial charge in [-0.2, -0.15) is 0 Å². The average Bonchev–Trinajstić information content (AvgIpc) is 2.34. The highest BCUT2D eigenvalue weighted by Crippen LogP contribution is 2.08. The third-order valence-corrected chi connectivity index (χ3v) is 2.42. The molecule has 3 heteroatoms. The number of carboxylic acids is 1. The molecule has 0 saturated heterocycles. The van der Waals surface area contributed by atoms with Gasteiger partial charge in [0.1, 0.15) is 0 Å². The quantitative estimate of drug-likeness (QED) is 0.581. The lowest BCUT2D eigenvalue weighted by atomic mass is 10.0. The van der Waals surface area contributed by atoms with E-state index in [1.54, 1.807) is 12.1 Å². The molecule has 0 atom stereocenters. The monoisotopic (exact) mass is 231 g/mol. The molecule has 0 fully saturated rings. The van der Waals surface area contributed by atoms with E-state index >= 15 is 0 Å². The standard InChI is InChI=1S/C14H17NO2/c1-2-3-6-10-15-11-9-12-7-4-5-8-13(12)14(16)17/h4-5,7-8,15H,6,9-11H2,1H3,(H,16,17). The van der Waals surface area contributed by atoms with Crippen LogP contribution >= 0.6 is 0 Å². The highest BCUT2D eigenvalue weighted by molar-refractivity contribution is 5.89. The van der Waals surface area contributed by atoms with Crippen LogP contribution in [-0.2, 0) is 6.42 Å². The Labute approximate surface area is 102 Å². The lowest BCUT2D eigenvalue weighted by molar-refractivity contribution is 0.0695. The number of nitrogens with one attached hydrogen (secondary N) is 1. The second-order valence-electron chi connectivity index (χ2n) is 3.64. The molecule has 2 N–H and O–H groups in total. The Morgan fingerprint density at radius 2 is 2.12 bits per heavy atom. The first-order valence-electron chi connectivity index (χ1n) is 5.67. The molecule has 0 aromatic heterocycles. The second kappa shape index (κ2) is 7.48. The topological polar surface area (TPSA) is 49.3 Å². The number of carboxylic acid groups (broad SMARTS) is 1. The molecule has 0 bridgehead atoms. The fourth-order valence-electron chi connectivity index (χ4n) is 1.57. The molecule has 0 heterocycles. The summed E-state index contributed by atoms with van der Waals surface area (Å²) in [5, 5.41) is 12.2. The summed E-state index contributed by atoms with van der Waals surface area (Å²) in [6.07, 6.45) is 1.55. The van der Waals surface area contributed by atoms with E-state index in [1.807, 2.05) is 19.1 Å². The zero-order chi connectivity index (χ0) is 12.5. The van der Waals surface area contributed by atoms with Gasteiger partial charge in [0.05, 0.1) is 5.56 Å². The van der Waals surface area contributed by atoms with Gasteiger partial charge in [0.25, 0.3) is 0 Å². The zero-order valence-electron chi connectivity index (χ0n) is 9.99. The summed E-state index contributed by atoms with van der Waals surface area (Å²) in [7, 11) is 0. The van der Waals surface area contributed by atoms with Crippen molar-refractivity contribution in [2.75, 3.05) is 13.1 Å². The Hall–Kier alpha value is -1.79. The van der Waals surface area contributed by atoms with Crippen molar-refractivity contribution >= 4 is 5.97 Å². The van der Waals surface area contributed by atoms with Crippen LogP contribution in [0.15, 0.2) is 24.3 Å². The van der Waals surface area contributed by atoms with Crippen molar-refractivity contribution in [1.29, 1.82) is 0 Å². The summed E-state index contributed by atoms with van der Waals surface area (Å²) in [4.78, 5) is 11.0. The predicted octanol–water partition coefficient (Wildman–Crippen LogP) is 1.93. The van der Waals surface area contributed by atoms with Crippen molar-refractivity contribution in [3.8, 4) is 11.8 Å². The summed E-state index contributed by atoms with van der Waals surface area (Å²) in [5.74, 6) is 4.94. The lowest BCUT2D eigenvalue weighted by Crippen LogP contribution is -2.19. The van der Waals surface area contributed by atoms with Crippen molar-refractivity contribution < 1.29 is 9.90 Å². The number of hydrogen-bond acceptors (Lipinski definition) is 2. The Kier molecular flexibility index (Phi) is 5.84. The third kappa shape index (κ3) is 4.71. The maximum absolute atomic E-state index is 11.0. The van der Waals surface area contributed by atoms with E-state index in [0.717, 1.165) is 31.5 Å². The van der Waals surface area contributed by atoms with Crippen molar-refractivity contribution in [1.82, 2.24) is 5.32 Å². The molecular weight excluding hydrogens is 214 g/mol. The van der Waals surface area contributed by atoms with Gasteiger partial charge < -0.3 is 10.4 Å². The van der Waals surface area contributed by atoms with Gasteiger partial charge in [-0.15, -0.1) is 11.8 Å². The summed E-state index contributed by atoms with van der Waals surface area (Å²) in [6.45, 7) is 3.44. The van der Waals surface area contributed by atoms with E-state index in [0.29, 0.717) is 5.56 Å². The van der Waals surface area contributed by atoms with Crippen LogP contribution in [0.3, 0.4) is 0 Å². The van der Waals surface area contributed by atoms with E-state index in [2.05, 4.69) is 17.2 Å². The number of carbonyl (C=O) groups is 1. The van der Waals surface area contributed by atoms with Crippen LogP contribution in [0.4, 0.5) is 0 Å². The van der Waals surface area contributed by atoms with Crippen LogP contribution in [0.1, 0.15) is 29.3 Å². The second-order valence-corrected chi connectivity index (χ2v) is 3.64. The molecule has 0 aliphatic heterocycles. The molecule has 0 radical (unpaired) electrons. The van der Waals surface area contributed by atoms with E-state index in [-0.39, 0.29) is 0 Å². The van der Waals surface area contributed by atoms with Gasteiger partial charge in [-0.1, -0.05) is 18.2 Å². The SMILES string of the molecule is CC#CCCNCCc1ccccc1C(=O)O. The molecule has 1 rings (SSSR count). The van der Waals surface area contributed by atoms with Gasteiger partial charge in [-0.3, -0.25) is 0 Å². The molecule has 0 spiro atoms. The molecule has 3 nitrogen and oxygen atoms in total. The summed E-state index contributed by atoms with van der Waals surface area (Å²) in [5.41, 5.74) is 1.26. The van der Waals surface area contributed by atoms with E-state index in [9.17, 15) is 4.79 Å². The lowest BCUT2D eigenvalue weighted by Gasteiger charge is -2.06. The molecule has 17 heavy (non-hydrogen) atoms. The summed E-state index contributed by atoms with van der Waals surface area (Å²) >= 11 is 0. The van der Waals surface area contributed by atoms with Gasteiger partial charge in [-0.05, 0) is 31.5 Å². The Morgan fingerprint density at radius 3 is 2.82 bits per heavy atom. The minimum Gasteiger partial charge on any atom is -0.478 e. The van der Waals surface area contributed by atoms with Crippen LogP contribution in [0.2, 0.25) is 0 Å². The van der Waals surface area contributed by atoms with Crippen molar-refractivity contribution in [2.45, 2.75) is 19.8 Å². The van der Waals surface area contributed by atoms with Crippen LogP contribution in [0.5, 0.6) is 0 Å². The minimum atomic E-state index is -0.863. The van der Waals surface area contributed by atoms with Gasteiger partial charge >= 0.3 is 5.97 Å². The maximum Gasteiger partial charge on any atom is 0.335 e. The first-order valence-corrected chi connectivity index (χ1v) is 5.67. The smallest absolute Gasteiger partial charge is 0.335 e. The molecule has 0 unspecified atom stereocenters. The van der Waals surface area contributed by atoms with Crippen molar-refractivity contribution in [2.24, 2.45) is 0 Å². The average molecular weight is 231 g/mol. The first-order chi connectivity index (χ1) is 8.25. The fraction of sp³-hybridized carbons (Fsp3) is 0.357. The number of aromatic carboxylic acids is 1. The van der Waals surface area contributed by atoms with Gasteiger partial charge in [0, 0.05) is 13.0 Å². The van der Waals surface area contributed by atoms with Gasteiger partial charge in [0.15, 0.2) is 0 Å². The van der Waals surface area contributed by atoms with E-state index < -0.39 is 5.97 Å². The Bertz CT molecular complexity index is 429. The number of hydrogen-bond donors (Lipinski definition) is 2. The molecule has 0 saturated carbocycles. The minimum absolute atomic E-state index is 0.391. The fourth-order valence-corrected chi connectivity index (χ4v) is 1.57. The van der Waals surface area contributed by atoms with Gasteiger partial charge in [0.2, 0.25) is 0 Å². The Morgan fingerprint density at radius 1 is 1.35 bits per heavy atom. The molecule has 0 amide bonds. The summed E-state index contributed by atoms with van der Waals surface area (Å²) < 4.78 is 0. The predicted molar refractivity (Wildman–Crippen MR) is 68.0 cm³/mol. The molecule has 90 valence electrons. The number of benzene rings is 1. The highest BCUT2D eigenvalue weighted by atomic mass is 16.4. The summed E-state index contributed by atoms with van der Waals surface area (Å²) in [6, 6.07) is 7.11. The van der Waals surface area contributed by atoms with E-state index in [4.69, 9.17) is 5.11 Å². The molecular formula is C14H17NO2. The molecule has 1 aromatic carbocycles. The largest absolute Gasteiger partial charge is 0.478 e. The maximum atomic E-state index is 11.0. The normalized spacial score (nSPS) is 9.47.